The molecule has 0 spiro atoms. The average Bonchev–Trinajstić information content (AvgIpc) is 3.01. The van der Waals surface area contributed by atoms with E-state index in [-0.39, 0.29) is 6.42 Å². The SMILES string of the molecule is COC(=O)[C@]1([C@H](O)[C@H](CO)NC(=O)OC(C)(C)C)CC[C@H](C=C(C)C)N1C(=O)OC(C)(C)C. The maximum Gasteiger partial charge on any atom is 0.411 e. The maximum atomic E-state index is 13.3. The van der Waals surface area contributed by atoms with Crippen molar-refractivity contribution < 1.29 is 38.8 Å². The number of nitrogens with one attached hydrogen (secondary N) is 1. The largest absolute Gasteiger partial charge is 0.467 e. The first kappa shape index (κ1) is 28.7. The molecule has 0 aromatic heterocycles. The van der Waals surface area contributed by atoms with Gasteiger partial charge in [0, 0.05) is 0 Å². The fourth-order valence-corrected chi connectivity index (χ4v) is 3.87. The molecule has 33 heavy (non-hydrogen) atoms. The lowest BCUT2D eigenvalue weighted by molar-refractivity contribution is -0.164. The predicted octanol–water partition coefficient (Wildman–Crippen LogP) is 2.51. The minimum absolute atomic E-state index is 0.0288. The quantitative estimate of drug-likeness (QED) is 0.305. The van der Waals surface area contributed by atoms with Gasteiger partial charge >= 0.3 is 18.2 Å². The molecule has 0 unspecified atom stereocenters. The number of alkyl carbamates (subject to hydrolysis) is 1. The Morgan fingerprint density at radius 1 is 1.12 bits per heavy atom. The van der Waals surface area contributed by atoms with Crippen LogP contribution in [-0.2, 0) is 19.0 Å². The minimum Gasteiger partial charge on any atom is -0.467 e. The number of allylic oxidation sites excluding steroid dienone is 1. The topological polar surface area (TPSA) is 135 Å². The van der Waals surface area contributed by atoms with Gasteiger partial charge in [-0.15, -0.1) is 0 Å². The second-order valence-electron chi connectivity index (χ2n) is 10.5. The van der Waals surface area contributed by atoms with Crippen LogP contribution in [-0.4, -0.2) is 81.9 Å². The van der Waals surface area contributed by atoms with Crippen molar-refractivity contribution in [2.75, 3.05) is 13.7 Å². The van der Waals surface area contributed by atoms with E-state index in [1.165, 1.54) is 4.90 Å². The van der Waals surface area contributed by atoms with Gasteiger partial charge in [0.05, 0.1) is 25.8 Å². The van der Waals surface area contributed by atoms with E-state index in [1.807, 2.05) is 13.8 Å². The molecule has 1 aliphatic rings. The van der Waals surface area contributed by atoms with Crippen LogP contribution in [0.1, 0.15) is 68.2 Å². The number of carbonyl (C=O) groups excluding carboxylic acids is 3. The Labute approximate surface area is 196 Å². The third-order valence-corrected chi connectivity index (χ3v) is 5.01. The van der Waals surface area contributed by atoms with Crippen molar-refractivity contribution in [1.82, 2.24) is 10.2 Å². The van der Waals surface area contributed by atoms with Crippen LogP contribution in [0.3, 0.4) is 0 Å². The average molecular weight is 473 g/mol. The first-order chi connectivity index (χ1) is 15.0. The molecular formula is C23H40N2O8. The fraction of sp³-hybridized carbons (Fsp3) is 0.783. The fourth-order valence-electron chi connectivity index (χ4n) is 3.87. The molecule has 1 aliphatic heterocycles. The van der Waals surface area contributed by atoms with Gasteiger partial charge in [-0.25, -0.2) is 14.4 Å². The molecule has 1 saturated heterocycles. The van der Waals surface area contributed by atoms with Gasteiger partial charge in [0.1, 0.15) is 17.3 Å². The van der Waals surface area contributed by atoms with Crippen LogP contribution in [0.2, 0.25) is 0 Å². The molecule has 1 rings (SSSR count). The van der Waals surface area contributed by atoms with Gasteiger partial charge in [0.2, 0.25) is 0 Å². The summed E-state index contributed by atoms with van der Waals surface area (Å²) in [5, 5.41) is 23.7. The van der Waals surface area contributed by atoms with E-state index in [9.17, 15) is 24.6 Å². The molecule has 0 radical (unpaired) electrons. The summed E-state index contributed by atoms with van der Waals surface area (Å²) in [6, 6.07) is -1.89. The number of ether oxygens (including phenoxy) is 3. The lowest BCUT2D eigenvalue weighted by Gasteiger charge is -2.43. The van der Waals surface area contributed by atoms with Crippen molar-refractivity contribution >= 4 is 18.2 Å². The third kappa shape index (κ3) is 7.33. The van der Waals surface area contributed by atoms with E-state index >= 15 is 0 Å². The molecule has 0 bridgehead atoms. The highest BCUT2D eigenvalue weighted by Crippen LogP contribution is 2.41. The summed E-state index contributed by atoms with van der Waals surface area (Å²) in [5.74, 6) is -0.880. The van der Waals surface area contributed by atoms with E-state index in [2.05, 4.69) is 5.32 Å². The minimum atomic E-state index is -1.91. The van der Waals surface area contributed by atoms with E-state index in [0.717, 1.165) is 12.7 Å². The first-order valence-corrected chi connectivity index (χ1v) is 11.0. The van der Waals surface area contributed by atoms with Crippen LogP contribution < -0.4 is 5.32 Å². The summed E-state index contributed by atoms with van der Waals surface area (Å²) in [4.78, 5) is 39.9. The molecule has 190 valence electrons. The second-order valence-corrected chi connectivity index (χ2v) is 10.5. The lowest BCUT2D eigenvalue weighted by atomic mass is 9.85. The number of carbonyl (C=O) groups is 3. The Bertz CT molecular complexity index is 749. The number of methoxy groups -OCH3 is 1. The molecular weight excluding hydrogens is 432 g/mol. The van der Waals surface area contributed by atoms with Crippen molar-refractivity contribution in [2.24, 2.45) is 0 Å². The van der Waals surface area contributed by atoms with Gasteiger partial charge in [0.25, 0.3) is 0 Å². The van der Waals surface area contributed by atoms with Gasteiger partial charge in [-0.1, -0.05) is 11.6 Å². The summed E-state index contributed by atoms with van der Waals surface area (Å²) >= 11 is 0. The van der Waals surface area contributed by atoms with Gasteiger partial charge in [0.15, 0.2) is 5.54 Å². The number of nitrogens with zero attached hydrogens (tertiary/aromatic N) is 1. The number of hydrogen-bond donors (Lipinski definition) is 3. The number of rotatable bonds is 6. The lowest BCUT2D eigenvalue weighted by Crippen LogP contribution is -2.68. The Hall–Kier alpha value is -2.33. The molecule has 2 amide bonds. The molecule has 10 heteroatoms. The Kier molecular flexibility index (Phi) is 9.33. The van der Waals surface area contributed by atoms with Gasteiger partial charge in [-0.2, -0.15) is 0 Å². The monoisotopic (exact) mass is 472 g/mol. The highest BCUT2D eigenvalue weighted by molar-refractivity contribution is 5.88. The smallest absolute Gasteiger partial charge is 0.411 e. The molecule has 0 aromatic rings. The zero-order valence-electron chi connectivity index (χ0n) is 21.2. The van der Waals surface area contributed by atoms with E-state index in [0.29, 0.717) is 6.42 Å². The second kappa shape index (κ2) is 10.7. The van der Waals surface area contributed by atoms with Crippen molar-refractivity contribution in [3.63, 3.8) is 0 Å². The van der Waals surface area contributed by atoms with E-state index in [1.54, 1.807) is 47.6 Å². The van der Waals surface area contributed by atoms with E-state index in [4.69, 9.17) is 14.2 Å². The van der Waals surface area contributed by atoms with Gasteiger partial charge < -0.3 is 29.7 Å². The zero-order chi connectivity index (χ0) is 25.8. The first-order valence-electron chi connectivity index (χ1n) is 11.0. The summed E-state index contributed by atoms with van der Waals surface area (Å²) in [5.41, 5.74) is -2.70. The van der Waals surface area contributed by atoms with Crippen molar-refractivity contribution in [3.05, 3.63) is 11.6 Å². The number of aliphatic hydroxyl groups excluding tert-OH is 2. The van der Waals surface area contributed by atoms with Gasteiger partial charge in [-0.05, 0) is 68.2 Å². The molecule has 3 N–H and O–H groups in total. The summed E-state index contributed by atoms with van der Waals surface area (Å²) in [7, 11) is 1.15. The van der Waals surface area contributed by atoms with Crippen molar-refractivity contribution in [1.29, 1.82) is 0 Å². The van der Waals surface area contributed by atoms with Crippen LogP contribution >= 0.6 is 0 Å². The number of likely N-dealkylation sites (tertiary alicyclic amines) is 1. The summed E-state index contributed by atoms with van der Waals surface area (Å²) in [6.45, 7) is 13.0. The molecule has 1 heterocycles. The molecule has 0 saturated carbocycles. The zero-order valence-corrected chi connectivity index (χ0v) is 21.2. The van der Waals surface area contributed by atoms with Crippen LogP contribution in [0.15, 0.2) is 11.6 Å². The standard InChI is InChI=1S/C23H40N2O8/c1-14(2)12-15-10-11-23(18(28)31-9,25(15)20(30)33-22(6,7)8)17(27)16(13-26)24-19(29)32-21(3,4)5/h12,15-17,26-27H,10-11,13H2,1-9H3,(H,24,29)/t15-,16+,17-,23-/m1/s1. The summed E-state index contributed by atoms with van der Waals surface area (Å²) in [6.07, 6.45) is -1.26. The molecule has 4 atom stereocenters. The van der Waals surface area contributed by atoms with E-state index < -0.39 is 59.7 Å². The Morgan fingerprint density at radius 3 is 2.09 bits per heavy atom. The molecule has 0 aromatic carbocycles. The van der Waals surface area contributed by atoms with Gasteiger partial charge in [-0.3, -0.25) is 4.90 Å². The van der Waals surface area contributed by atoms with Crippen LogP contribution in [0.5, 0.6) is 0 Å². The highest BCUT2D eigenvalue weighted by Gasteiger charge is 2.61. The maximum absolute atomic E-state index is 13.3. The Morgan fingerprint density at radius 2 is 1.67 bits per heavy atom. The molecule has 0 aliphatic carbocycles. The number of hydrogen-bond acceptors (Lipinski definition) is 8. The number of aliphatic hydroxyl groups is 2. The number of esters is 1. The predicted molar refractivity (Wildman–Crippen MR) is 122 cm³/mol. The summed E-state index contributed by atoms with van der Waals surface area (Å²) < 4.78 is 15.8. The third-order valence-electron chi connectivity index (χ3n) is 5.01. The number of amides is 2. The molecule has 1 fully saturated rings. The molecule has 10 nitrogen and oxygen atoms in total. The van der Waals surface area contributed by atoms with Crippen LogP contribution in [0.25, 0.3) is 0 Å². The van der Waals surface area contributed by atoms with Crippen LogP contribution in [0, 0.1) is 0 Å². The Balaban J connectivity index is 3.51. The van der Waals surface area contributed by atoms with Crippen molar-refractivity contribution in [3.8, 4) is 0 Å². The van der Waals surface area contributed by atoms with Crippen molar-refractivity contribution in [2.45, 2.75) is 103 Å². The highest BCUT2D eigenvalue weighted by atomic mass is 16.6. The van der Waals surface area contributed by atoms with Crippen LogP contribution in [0.4, 0.5) is 9.59 Å². The normalized spacial score (nSPS) is 22.8.